The van der Waals surface area contributed by atoms with Crippen LogP contribution in [0, 0.1) is 0 Å². The lowest BCUT2D eigenvalue weighted by Gasteiger charge is -2.05. The van der Waals surface area contributed by atoms with Crippen LogP contribution in [0.15, 0.2) is 48.8 Å². The van der Waals surface area contributed by atoms with Crippen LogP contribution in [0.4, 0.5) is 0 Å². The van der Waals surface area contributed by atoms with Crippen LogP contribution in [0.2, 0.25) is 0 Å². The van der Waals surface area contributed by atoms with Gasteiger partial charge in [0, 0.05) is 0 Å². The lowest BCUT2D eigenvalue weighted by Crippen LogP contribution is -1.86. The van der Waals surface area contributed by atoms with Gasteiger partial charge in [-0.2, -0.15) is 0 Å². The van der Waals surface area contributed by atoms with Crippen LogP contribution in [-0.2, 0) is 0 Å². The van der Waals surface area contributed by atoms with Crippen molar-refractivity contribution < 1.29 is 0 Å². The molecule has 2 aliphatic heterocycles. The second kappa shape index (κ2) is 4.42. The standard InChI is InChI=1S/C18H12N2/c1-2-4-18-14-6-5-13(17(18)3-1)7-9-15-11-19-12-16(20-15)10-8-14/h1-12H/b9-7-,10-8-. The van der Waals surface area contributed by atoms with Gasteiger partial charge < -0.3 is 0 Å². The third kappa shape index (κ3) is 1.82. The molecule has 3 heterocycles. The molecular formula is C18H12N2. The van der Waals surface area contributed by atoms with E-state index in [9.17, 15) is 0 Å². The lowest BCUT2D eigenvalue weighted by molar-refractivity contribution is 1.16. The number of hydrogen-bond acceptors (Lipinski definition) is 2. The van der Waals surface area contributed by atoms with Crippen molar-refractivity contribution in [3.8, 4) is 0 Å². The summed E-state index contributed by atoms with van der Waals surface area (Å²) >= 11 is 0. The van der Waals surface area contributed by atoms with Crippen molar-refractivity contribution in [2.45, 2.75) is 0 Å². The van der Waals surface area contributed by atoms with Crippen molar-refractivity contribution >= 4 is 35.1 Å². The molecule has 0 fully saturated rings. The summed E-state index contributed by atoms with van der Waals surface area (Å²) in [5, 5.41) is 2.52. The number of hydrogen-bond donors (Lipinski definition) is 0. The smallest absolute Gasteiger partial charge is 0.0820 e. The highest BCUT2D eigenvalue weighted by molar-refractivity contribution is 5.99. The first-order valence-corrected chi connectivity index (χ1v) is 6.60. The van der Waals surface area contributed by atoms with E-state index >= 15 is 0 Å². The van der Waals surface area contributed by atoms with Crippen LogP contribution in [0.3, 0.4) is 0 Å². The van der Waals surface area contributed by atoms with E-state index in [-0.39, 0.29) is 0 Å². The highest BCUT2D eigenvalue weighted by atomic mass is 14.8. The van der Waals surface area contributed by atoms with Gasteiger partial charge in [-0.3, -0.25) is 4.98 Å². The van der Waals surface area contributed by atoms with E-state index in [1.165, 1.54) is 21.9 Å². The van der Waals surface area contributed by atoms with Crippen molar-refractivity contribution in [1.29, 1.82) is 0 Å². The molecule has 0 saturated heterocycles. The molecule has 0 amide bonds. The quantitative estimate of drug-likeness (QED) is 0.469. The number of aromatic nitrogens is 2. The number of fused-ring (bicyclic) bond motifs is 1. The van der Waals surface area contributed by atoms with E-state index in [1.54, 1.807) is 12.4 Å². The topological polar surface area (TPSA) is 25.8 Å². The van der Waals surface area contributed by atoms with E-state index in [1.807, 2.05) is 12.2 Å². The van der Waals surface area contributed by atoms with Gasteiger partial charge in [0.2, 0.25) is 0 Å². The van der Waals surface area contributed by atoms with E-state index in [2.05, 4.69) is 58.5 Å². The Labute approximate surface area is 117 Å². The van der Waals surface area contributed by atoms with Crippen LogP contribution in [0.25, 0.3) is 35.1 Å². The molecule has 4 bridgehead atoms. The Bertz CT molecular complexity index is 792. The van der Waals surface area contributed by atoms with Gasteiger partial charge in [-0.05, 0) is 34.1 Å². The first-order valence-electron chi connectivity index (χ1n) is 6.60. The normalized spacial score (nSPS) is 15.8. The Morgan fingerprint density at radius 1 is 0.600 bits per heavy atom. The molecule has 3 aromatic rings. The fraction of sp³-hybridized carbons (Fsp3) is 0. The zero-order chi connectivity index (χ0) is 13.4. The van der Waals surface area contributed by atoms with Crippen molar-refractivity contribution in [3.05, 3.63) is 71.3 Å². The van der Waals surface area contributed by atoms with Gasteiger partial charge in [0.1, 0.15) is 0 Å². The summed E-state index contributed by atoms with van der Waals surface area (Å²) < 4.78 is 0. The Balaban J connectivity index is 2.09. The second-order valence-corrected chi connectivity index (χ2v) is 4.83. The van der Waals surface area contributed by atoms with Gasteiger partial charge in [-0.25, -0.2) is 4.98 Å². The number of nitrogens with zero attached hydrogens (tertiary/aromatic N) is 2. The van der Waals surface area contributed by atoms with Crippen molar-refractivity contribution in [2.24, 2.45) is 0 Å². The summed E-state index contributed by atoms with van der Waals surface area (Å²) in [6.07, 6.45) is 11.8. The second-order valence-electron chi connectivity index (χ2n) is 4.83. The first-order chi connectivity index (χ1) is 9.90. The third-order valence-corrected chi connectivity index (χ3v) is 3.53. The van der Waals surface area contributed by atoms with Crippen molar-refractivity contribution in [2.75, 3.05) is 0 Å². The number of benzene rings is 2. The molecule has 20 heavy (non-hydrogen) atoms. The summed E-state index contributed by atoms with van der Waals surface area (Å²) in [5.41, 5.74) is 4.15. The SMILES string of the molecule is C1=C\c2ccc(c3ccccc23)/C=C\c2cncc/1n2. The molecule has 5 rings (SSSR count). The molecule has 94 valence electrons. The molecule has 2 heteroatoms. The van der Waals surface area contributed by atoms with Gasteiger partial charge in [0.25, 0.3) is 0 Å². The third-order valence-electron chi connectivity index (χ3n) is 3.53. The van der Waals surface area contributed by atoms with Gasteiger partial charge in [0.15, 0.2) is 0 Å². The minimum atomic E-state index is 0.876. The maximum atomic E-state index is 4.54. The zero-order valence-corrected chi connectivity index (χ0v) is 10.8. The van der Waals surface area contributed by atoms with Gasteiger partial charge >= 0.3 is 0 Å². The fourth-order valence-electron chi connectivity index (χ4n) is 2.54. The molecule has 0 atom stereocenters. The predicted octanol–water partition coefficient (Wildman–Crippen LogP) is 4.28. The van der Waals surface area contributed by atoms with E-state index in [4.69, 9.17) is 0 Å². The molecule has 2 aromatic carbocycles. The molecular weight excluding hydrogens is 244 g/mol. The largest absolute Gasteiger partial charge is 0.260 e. The Hall–Kier alpha value is -2.74. The fourth-order valence-corrected chi connectivity index (χ4v) is 2.54. The zero-order valence-electron chi connectivity index (χ0n) is 10.8. The van der Waals surface area contributed by atoms with Crippen molar-refractivity contribution in [1.82, 2.24) is 9.97 Å². The predicted molar refractivity (Wildman–Crippen MR) is 83.8 cm³/mol. The lowest BCUT2D eigenvalue weighted by atomic mass is 9.99. The van der Waals surface area contributed by atoms with Gasteiger partial charge in [-0.1, -0.05) is 48.6 Å². The summed E-state index contributed by atoms with van der Waals surface area (Å²) in [7, 11) is 0. The summed E-state index contributed by atoms with van der Waals surface area (Å²) in [6, 6.07) is 12.8. The Morgan fingerprint density at radius 2 is 1.15 bits per heavy atom. The van der Waals surface area contributed by atoms with Crippen LogP contribution >= 0.6 is 0 Å². The maximum Gasteiger partial charge on any atom is 0.0820 e. The van der Waals surface area contributed by atoms with Gasteiger partial charge in [0.05, 0.1) is 23.8 Å². The minimum absolute atomic E-state index is 0.876. The molecule has 0 radical (unpaired) electrons. The highest BCUT2D eigenvalue weighted by Gasteiger charge is 2.03. The van der Waals surface area contributed by atoms with E-state index in [0.717, 1.165) is 11.4 Å². The molecule has 2 nitrogen and oxygen atoms in total. The number of rotatable bonds is 0. The first kappa shape index (κ1) is 11.1. The van der Waals surface area contributed by atoms with Crippen LogP contribution < -0.4 is 0 Å². The molecule has 2 aliphatic rings. The molecule has 1 aromatic heterocycles. The summed E-state index contributed by atoms with van der Waals surface area (Å²) in [5.74, 6) is 0. The average molecular weight is 256 g/mol. The van der Waals surface area contributed by atoms with Crippen LogP contribution in [-0.4, -0.2) is 9.97 Å². The van der Waals surface area contributed by atoms with E-state index < -0.39 is 0 Å². The monoisotopic (exact) mass is 256 g/mol. The molecule has 0 unspecified atom stereocenters. The summed E-state index contributed by atoms with van der Waals surface area (Å²) in [4.78, 5) is 8.77. The molecule has 0 aliphatic carbocycles. The van der Waals surface area contributed by atoms with E-state index in [0.29, 0.717) is 0 Å². The molecule has 0 saturated carbocycles. The van der Waals surface area contributed by atoms with Crippen LogP contribution in [0.1, 0.15) is 22.5 Å². The highest BCUT2D eigenvalue weighted by Crippen LogP contribution is 2.26. The maximum absolute atomic E-state index is 4.54. The molecule has 0 spiro atoms. The van der Waals surface area contributed by atoms with Crippen LogP contribution in [0.5, 0.6) is 0 Å². The van der Waals surface area contributed by atoms with Crippen molar-refractivity contribution in [3.63, 3.8) is 0 Å². The average Bonchev–Trinajstić information content (AvgIpc) is 2.54. The molecule has 0 N–H and O–H groups in total. The van der Waals surface area contributed by atoms with Gasteiger partial charge in [-0.15, -0.1) is 0 Å². The summed E-state index contributed by atoms with van der Waals surface area (Å²) in [6.45, 7) is 0. The Morgan fingerprint density at radius 3 is 1.70 bits per heavy atom. The minimum Gasteiger partial charge on any atom is -0.260 e. The Kier molecular flexibility index (Phi) is 2.46.